The molecular formula is C26H26O8. The molecular weight excluding hydrogens is 440 g/mol. The van der Waals surface area contributed by atoms with Crippen LogP contribution < -0.4 is 18.9 Å². The summed E-state index contributed by atoms with van der Waals surface area (Å²) in [6.07, 6.45) is 1.36. The second kappa shape index (κ2) is 8.59. The van der Waals surface area contributed by atoms with Gasteiger partial charge in [-0.3, -0.25) is 4.79 Å². The maximum absolute atomic E-state index is 12.9. The van der Waals surface area contributed by atoms with Crippen molar-refractivity contribution < 1.29 is 38.0 Å². The van der Waals surface area contributed by atoms with Crippen LogP contribution in [0.3, 0.4) is 0 Å². The summed E-state index contributed by atoms with van der Waals surface area (Å²) in [6, 6.07) is 7.43. The summed E-state index contributed by atoms with van der Waals surface area (Å²) < 4.78 is 34.2. The normalized spacial score (nSPS) is 22.5. The van der Waals surface area contributed by atoms with Crippen LogP contribution in [0.1, 0.15) is 31.1 Å². The number of hydrogen-bond acceptors (Lipinski definition) is 8. The van der Waals surface area contributed by atoms with E-state index in [4.69, 9.17) is 28.4 Å². The fraction of sp³-hybridized carbons (Fsp3) is 0.385. The lowest BCUT2D eigenvalue weighted by Crippen LogP contribution is -2.30. The van der Waals surface area contributed by atoms with Gasteiger partial charge in [0.05, 0.1) is 26.7 Å². The second-order valence-electron chi connectivity index (χ2n) is 8.53. The molecule has 3 aliphatic rings. The van der Waals surface area contributed by atoms with E-state index >= 15 is 0 Å². The zero-order valence-electron chi connectivity index (χ0n) is 19.5. The standard InChI is InChI=1S/C26H26O8/c1-5-13(2)25(27)34-23-15-6-7-19(29-3)24(30-4)22(15)16-10-21-20(32-12-33-21)9-14(16)8-17-18(23)11-31-26(17)28/h5-7,9-10,17-18,23H,8,11-12H2,1-4H3. The third-order valence-electron chi connectivity index (χ3n) is 6.81. The molecule has 2 aliphatic heterocycles. The van der Waals surface area contributed by atoms with Gasteiger partial charge in [-0.2, -0.15) is 0 Å². The summed E-state index contributed by atoms with van der Waals surface area (Å²) in [5, 5.41) is 0. The van der Waals surface area contributed by atoms with Gasteiger partial charge in [-0.05, 0) is 49.6 Å². The maximum Gasteiger partial charge on any atom is 0.333 e. The molecule has 0 spiro atoms. The third-order valence-corrected chi connectivity index (χ3v) is 6.81. The van der Waals surface area contributed by atoms with Crippen molar-refractivity contribution in [3.8, 4) is 34.1 Å². The van der Waals surface area contributed by atoms with Gasteiger partial charge < -0.3 is 28.4 Å². The van der Waals surface area contributed by atoms with Crippen molar-refractivity contribution in [1.82, 2.24) is 0 Å². The van der Waals surface area contributed by atoms with E-state index in [1.807, 2.05) is 18.2 Å². The average Bonchev–Trinajstić information content (AvgIpc) is 3.45. The summed E-state index contributed by atoms with van der Waals surface area (Å²) >= 11 is 0. The van der Waals surface area contributed by atoms with Crippen LogP contribution in [0, 0.1) is 11.8 Å². The number of cyclic esters (lactones) is 1. The lowest BCUT2D eigenvalue weighted by atomic mass is 9.76. The number of fused-ring (bicyclic) bond motifs is 5. The highest BCUT2D eigenvalue weighted by molar-refractivity contribution is 5.89. The Balaban J connectivity index is 1.79. The van der Waals surface area contributed by atoms with Crippen LogP contribution in [-0.2, 0) is 25.5 Å². The van der Waals surface area contributed by atoms with Gasteiger partial charge >= 0.3 is 11.9 Å². The molecule has 0 N–H and O–H groups in total. The molecule has 3 unspecified atom stereocenters. The SMILES string of the molecule is CC=C(C)C(=O)OC1c2ccc(OC)c(OC)c2-c2cc3c(cc2CC2C(=O)OCC21)OCO3. The summed E-state index contributed by atoms with van der Waals surface area (Å²) in [5.74, 6) is 0.666. The largest absolute Gasteiger partial charge is 0.493 e. The molecule has 0 amide bonds. The molecule has 0 bridgehead atoms. The molecule has 1 fully saturated rings. The highest BCUT2D eigenvalue weighted by Crippen LogP contribution is 2.53. The first-order valence-electron chi connectivity index (χ1n) is 11.1. The number of benzene rings is 2. The molecule has 2 aromatic carbocycles. The monoisotopic (exact) mass is 466 g/mol. The minimum Gasteiger partial charge on any atom is -0.493 e. The first kappa shape index (κ1) is 22.1. The first-order valence-corrected chi connectivity index (χ1v) is 11.1. The molecule has 2 heterocycles. The van der Waals surface area contributed by atoms with Crippen molar-refractivity contribution in [3.05, 3.63) is 47.0 Å². The number of rotatable bonds is 4. The van der Waals surface area contributed by atoms with Gasteiger partial charge in [0, 0.05) is 22.6 Å². The van der Waals surface area contributed by atoms with E-state index in [2.05, 4.69) is 0 Å². The quantitative estimate of drug-likeness (QED) is 0.494. The summed E-state index contributed by atoms with van der Waals surface area (Å²) in [5.41, 5.74) is 3.61. The maximum atomic E-state index is 12.9. The van der Waals surface area contributed by atoms with Gasteiger partial charge in [0.2, 0.25) is 6.79 Å². The zero-order chi connectivity index (χ0) is 24.0. The molecule has 3 atom stereocenters. The summed E-state index contributed by atoms with van der Waals surface area (Å²) in [7, 11) is 3.14. The molecule has 8 heteroatoms. The highest BCUT2D eigenvalue weighted by atomic mass is 16.7. The number of esters is 2. The highest BCUT2D eigenvalue weighted by Gasteiger charge is 2.47. The van der Waals surface area contributed by atoms with E-state index in [9.17, 15) is 9.59 Å². The van der Waals surface area contributed by atoms with Gasteiger partial charge in [-0.1, -0.05) is 12.1 Å². The predicted octanol–water partition coefficient (Wildman–Crippen LogP) is 4.00. The van der Waals surface area contributed by atoms with Crippen LogP contribution in [0.25, 0.3) is 11.1 Å². The van der Waals surface area contributed by atoms with Crippen LogP contribution in [0.4, 0.5) is 0 Å². The summed E-state index contributed by atoms with van der Waals surface area (Å²) in [4.78, 5) is 25.7. The van der Waals surface area contributed by atoms with Crippen LogP contribution >= 0.6 is 0 Å². The minimum atomic E-state index is -0.729. The number of methoxy groups -OCH3 is 2. The van der Waals surface area contributed by atoms with E-state index in [-0.39, 0.29) is 25.3 Å². The first-order chi connectivity index (χ1) is 16.5. The Bertz CT molecular complexity index is 1200. The zero-order valence-corrected chi connectivity index (χ0v) is 19.5. The van der Waals surface area contributed by atoms with Crippen molar-refractivity contribution in [2.75, 3.05) is 27.6 Å². The van der Waals surface area contributed by atoms with Crippen LogP contribution in [0.15, 0.2) is 35.9 Å². The molecule has 2 aromatic rings. The van der Waals surface area contributed by atoms with Gasteiger partial charge in [0.25, 0.3) is 0 Å². The number of hydrogen-bond donors (Lipinski definition) is 0. The van der Waals surface area contributed by atoms with Crippen LogP contribution in [0.5, 0.6) is 23.0 Å². The minimum absolute atomic E-state index is 0.122. The molecule has 0 radical (unpaired) electrons. The Hall–Kier alpha value is -3.68. The molecule has 8 nitrogen and oxygen atoms in total. The lowest BCUT2D eigenvalue weighted by Gasteiger charge is -2.32. The number of allylic oxidation sites excluding steroid dienone is 1. The Kier molecular flexibility index (Phi) is 5.59. The molecule has 0 aromatic heterocycles. The Morgan fingerprint density at radius 3 is 2.56 bits per heavy atom. The predicted molar refractivity (Wildman–Crippen MR) is 121 cm³/mol. The second-order valence-corrected chi connectivity index (χ2v) is 8.53. The fourth-order valence-corrected chi connectivity index (χ4v) is 4.90. The Morgan fingerprint density at radius 1 is 1.09 bits per heavy atom. The van der Waals surface area contributed by atoms with Crippen LogP contribution in [-0.4, -0.2) is 39.6 Å². The van der Waals surface area contributed by atoms with Gasteiger partial charge in [0.15, 0.2) is 23.0 Å². The van der Waals surface area contributed by atoms with E-state index < -0.39 is 18.0 Å². The Morgan fingerprint density at radius 2 is 1.85 bits per heavy atom. The average molecular weight is 466 g/mol. The molecule has 5 rings (SSSR count). The lowest BCUT2D eigenvalue weighted by molar-refractivity contribution is -0.149. The van der Waals surface area contributed by atoms with Gasteiger partial charge in [0.1, 0.15) is 6.10 Å². The molecule has 1 aliphatic carbocycles. The molecule has 1 saturated heterocycles. The van der Waals surface area contributed by atoms with Crippen molar-refractivity contribution in [1.29, 1.82) is 0 Å². The van der Waals surface area contributed by atoms with E-state index in [1.165, 1.54) is 0 Å². The fourth-order valence-electron chi connectivity index (χ4n) is 4.90. The van der Waals surface area contributed by atoms with Gasteiger partial charge in [-0.15, -0.1) is 0 Å². The number of carbonyl (C=O) groups excluding carboxylic acids is 2. The van der Waals surface area contributed by atoms with Crippen LogP contribution in [0.2, 0.25) is 0 Å². The van der Waals surface area contributed by atoms with Crippen molar-refractivity contribution in [3.63, 3.8) is 0 Å². The van der Waals surface area contributed by atoms with Crippen molar-refractivity contribution in [2.24, 2.45) is 11.8 Å². The van der Waals surface area contributed by atoms with Crippen molar-refractivity contribution >= 4 is 11.9 Å². The summed E-state index contributed by atoms with van der Waals surface area (Å²) in [6.45, 7) is 3.76. The smallest absolute Gasteiger partial charge is 0.333 e. The number of ether oxygens (including phenoxy) is 6. The van der Waals surface area contributed by atoms with E-state index in [0.29, 0.717) is 40.6 Å². The van der Waals surface area contributed by atoms with E-state index in [1.54, 1.807) is 40.2 Å². The molecule has 0 saturated carbocycles. The third kappa shape index (κ3) is 3.45. The number of carbonyl (C=O) groups is 2. The Labute approximate surface area is 197 Å². The topological polar surface area (TPSA) is 89.5 Å². The molecule has 34 heavy (non-hydrogen) atoms. The van der Waals surface area contributed by atoms with Gasteiger partial charge in [-0.25, -0.2) is 4.79 Å². The van der Waals surface area contributed by atoms with Crippen molar-refractivity contribution in [2.45, 2.75) is 26.4 Å². The molecule has 178 valence electrons. The van der Waals surface area contributed by atoms with E-state index in [0.717, 1.165) is 16.7 Å².